The number of aldehydes is 1. The van der Waals surface area contributed by atoms with E-state index in [2.05, 4.69) is 16.0 Å². The minimum absolute atomic E-state index is 0.370. The first kappa shape index (κ1) is 12.1. The second kappa shape index (κ2) is 4.62. The Morgan fingerprint density at radius 1 is 1.30 bits per heavy atom. The van der Waals surface area contributed by atoms with Crippen molar-refractivity contribution in [1.82, 2.24) is 9.97 Å². The molecule has 20 heavy (non-hydrogen) atoms. The second-order valence-corrected chi connectivity index (χ2v) is 4.31. The van der Waals surface area contributed by atoms with Gasteiger partial charge in [0, 0.05) is 35.0 Å². The highest BCUT2D eigenvalue weighted by Crippen LogP contribution is 2.28. The lowest BCUT2D eigenvalue weighted by atomic mass is 9.98. The van der Waals surface area contributed by atoms with Crippen LogP contribution in [0.3, 0.4) is 0 Å². The van der Waals surface area contributed by atoms with Gasteiger partial charge in [0.25, 0.3) is 0 Å². The molecular formula is C15H10N3O2. The van der Waals surface area contributed by atoms with Crippen LogP contribution in [0.25, 0.3) is 22.2 Å². The second-order valence-electron chi connectivity index (χ2n) is 4.31. The summed E-state index contributed by atoms with van der Waals surface area (Å²) in [5.74, 6) is -0.539. The molecule has 2 heterocycles. The number of nitrogens with zero attached hydrogens (tertiary/aromatic N) is 1. The number of nitrogens with one attached hydrogen (secondary N) is 1. The first-order valence-corrected chi connectivity index (χ1v) is 5.94. The van der Waals surface area contributed by atoms with Crippen LogP contribution in [-0.2, 0) is 0 Å². The maximum atomic E-state index is 11.7. The number of H-pyrrole nitrogens is 1. The van der Waals surface area contributed by atoms with Crippen molar-refractivity contribution >= 4 is 23.2 Å². The van der Waals surface area contributed by atoms with Gasteiger partial charge in [-0.15, -0.1) is 0 Å². The van der Waals surface area contributed by atoms with E-state index >= 15 is 0 Å². The van der Waals surface area contributed by atoms with Crippen molar-refractivity contribution in [2.24, 2.45) is 5.73 Å². The number of pyridine rings is 1. The molecule has 1 radical (unpaired) electrons. The maximum absolute atomic E-state index is 11.7. The molecule has 0 unspecified atom stereocenters. The molecule has 0 aliphatic rings. The van der Waals surface area contributed by atoms with Gasteiger partial charge in [-0.25, -0.2) is 4.98 Å². The molecule has 5 nitrogen and oxygen atoms in total. The van der Waals surface area contributed by atoms with Gasteiger partial charge in [0.1, 0.15) is 11.9 Å². The summed E-state index contributed by atoms with van der Waals surface area (Å²) in [6.07, 6.45) is 3.94. The molecule has 0 atom stereocenters. The molecule has 3 aromatic rings. The van der Waals surface area contributed by atoms with Crippen molar-refractivity contribution in [3.63, 3.8) is 0 Å². The van der Waals surface area contributed by atoms with E-state index in [1.54, 1.807) is 36.7 Å². The van der Waals surface area contributed by atoms with Crippen molar-refractivity contribution in [1.29, 1.82) is 0 Å². The van der Waals surface area contributed by atoms with Gasteiger partial charge >= 0.3 is 0 Å². The molecule has 97 valence electrons. The lowest BCUT2D eigenvalue weighted by Gasteiger charge is -2.08. The summed E-state index contributed by atoms with van der Waals surface area (Å²) in [5, 5.41) is 0.564. The summed E-state index contributed by atoms with van der Waals surface area (Å²) in [6, 6.07) is 9.80. The van der Waals surface area contributed by atoms with Crippen molar-refractivity contribution in [3.8, 4) is 11.1 Å². The third kappa shape index (κ3) is 1.85. The van der Waals surface area contributed by atoms with E-state index in [0.717, 1.165) is 11.8 Å². The molecule has 0 spiro atoms. The molecule has 0 saturated carbocycles. The molecule has 0 fully saturated rings. The number of hydrogen-bond donors (Lipinski definition) is 2. The molecule has 0 saturated heterocycles. The first-order valence-electron chi connectivity index (χ1n) is 5.94. The van der Waals surface area contributed by atoms with Gasteiger partial charge in [-0.2, -0.15) is 0 Å². The van der Waals surface area contributed by atoms with Gasteiger partial charge in [0.2, 0.25) is 5.91 Å². The third-order valence-electron chi connectivity index (χ3n) is 3.11. The number of nitrogens with two attached hydrogens (primary N) is 1. The number of amides is 1. The van der Waals surface area contributed by atoms with Gasteiger partial charge in [-0.05, 0) is 5.56 Å². The molecule has 0 aliphatic carbocycles. The molecule has 3 N–H and O–H groups in total. The minimum atomic E-state index is -0.539. The van der Waals surface area contributed by atoms with E-state index < -0.39 is 5.91 Å². The quantitative estimate of drug-likeness (QED) is 0.708. The van der Waals surface area contributed by atoms with Gasteiger partial charge in [-0.1, -0.05) is 24.3 Å². The number of hydrogen-bond acceptors (Lipinski definition) is 3. The predicted octanol–water partition coefficient (Wildman–Crippen LogP) is 1.94. The molecular weight excluding hydrogens is 254 g/mol. The lowest BCUT2D eigenvalue weighted by Crippen LogP contribution is -2.13. The smallest absolute Gasteiger partial charge is 0.250 e. The van der Waals surface area contributed by atoms with Crippen LogP contribution in [0.15, 0.2) is 36.7 Å². The van der Waals surface area contributed by atoms with Crippen LogP contribution in [0.4, 0.5) is 0 Å². The highest BCUT2D eigenvalue weighted by Gasteiger charge is 2.16. The summed E-state index contributed by atoms with van der Waals surface area (Å²) in [7, 11) is 0. The Morgan fingerprint density at radius 3 is 2.70 bits per heavy atom. The van der Waals surface area contributed by atoms with Crippen LogP contribution in [0.2, 0.25) is 0 Å². The topological polar surface area (TPSA) is 88.8 Å². The van der Waals surface area contributed by atoms with Gasteiger partial charge < -0.3 is 10.7 Å². The number of benzene rings is 1. The number of primary amides is 1. The van der Waals surface area contributed by atoms with Crippen LogP contribution in [-0.4, -0.2) is 22.2 Å². The van der Waals surface area contributed by atoms with E-state index in [-0.39, 0.29) is 0 Å². The Balaban J connectivity index is 2.26. The molecule has 2 aromatic heterocycles. The Morgan fingerprint density at radius 2 is 2.05 bits per heavy atom. The normalized spacial score (nSPS) is 10.6. The number of fused-ring (bicyclic) bond motifs is 1. The summed E-state index contributed by atoms with van der Waals surface area (Å²) in [6.45, 7) is 0. The minimum Gasteiger partial charge on any atom is -0.366 e. The van der Waals surface area contributed by atoms with Gasteiger partial charge in [0.15, 0.2) is 0 Å². The molecule has 1 aromatic carbocycles. The number of aromatic amines is 1. The fourth-order valence-electron chi connectivity index (χ4n) is 2.15. The number of carbonyl (C=O) groups excluding carboxylic acids is 2. The average molecular weight is 264 g/mol. The highest BCUT2D eigenvalue weighted by atomic mass is 16.1. The van der Waals surface area contributed by atoms with Crippen molar-refractivity contribution in [3.05, 3.63) is 53.9 Å². The molecule has 5 heteroatoms. The molecule has 0 bridgehead atoms. The third-order valence-corrected chi connectivity index (χ3v) is 3.11. The van der Waals surface area contributed by atoms with Crippen LogP contribution >= 0.6 is 0 Å². The monoisotopic (exact) mass is 264 g/mol. The van der Waals surface area contributed by atoms with Gasteiger partial charge in [-0.3, -0.25) is 9.59 Å². The van der Waals surface area contributed by atoms with E-state index in [4.69, 9.17) is 5.73 Å². The first-order chi connectivity index (χ1) is 9.70. The number of carbonyl (C=O) groups is 2. The van der Waals surface area contributed by atoms with Crippen LogP contribution in [0.5, 0.6) is 0 Å². The summed E-state index contributed by atoms with van der Waals surface area (Å²) in [5.41, 5.74) is 8.37. The van der Waals surface area contributed by atoms with Crippen molar-refractivity contribution in [2.75, 3.05) is 0 Å². The Kier molecular flexibility index (Phi) is 2.80. The highest BCUT2D eigenvalue weighted by molar-refractivity contribution is 6.10. The Labute approximate surface area is 114 Å². The zero-order valence-corrected chi connectivity index (χ0v) is 10.4. The number of aromatic nitrogens is 2. The molecule has 1 amide bonds. The van der Waals surface area contributed by atoms with E-state index in [0.29, 0.717) is 27.7 Å². The summed E-state index contributed by atoms with van der Waals surface area (Å²) >= 11 is 0. The van der Waals surface area contributed by atoms with Crippen molar-refractivity contribution in [2.45, 2.75) is 0 Å². The molecule has 3 rings (SSSR count). The zero-order valence-electron chi connectivity index (χ0n) is 10.4. The zero-order chi connectivity index (χ0) is 14.1. The maximum Gasteiger partial charge on any atom is 0.250 e. The SMILES string of the molecule is NC(=O)c1c(-c2ccc(C=O)cc2)cnc2[nH]c[c]c12. The van der Waals surface area contributed by atoms with Crippen molar-refractivity contribution < 1.29 is 9.59 Å². The lowest BCUT2D eigenvalue weighted by molar-refractivity contribution is 0.100. The Hall–Kier alpha value is -2.95. The summed E-state index contributed by atoms with van der Waals surface area (Å²) < 4.78 is 0. The van der Waals surface area contributed by atoms with Gasteiger partial charge in [0.05, 0.1) is 5.56 Å². The van der Waals surface area contributed by atoms with Crippen LogP contribution in [0, 0.1) is 6.07 Å². The van der Waals surface area contributed by atoms with Crippen LogP contribution < -0.4 is 5.73 Å². The largest absolute Gasteiger partial charge is 0.366 e. The average Bonchev–Trinajstić information content (AvgIpc) is 2.94. The molecule has 0 aliphatic heterocycles. The van der Waals surface area contributed by atoms with E-state index in [1.165, 1.54) is 0 Å². The Bertz CT molecular complexity index is 804. The number of rotatable bonds is 3. The standard InChI is InChI=1S/C15H10N3O2/c16-14(20)13-11-5-6-17-15(11)18-7-12(13)10-3-1-9(8-19)2-4-10/h1-4,6-8H,(H2,16,20)(H,17,18). The summed E-state index contributed by atoms with van der Waals surface area (Å²) in [4.78, 5) is 29.5. The van der Waals surface area contributed by atoms with Crippen LogP contribution in [0.1, 0.15) is 20.7 Å². The fourth-order valence-corrected chi connectivity index (χ4v) is 2.15. The predicted molar refractivity (Wildman–Crippen MR) is 74.3 cm³/mol. The van der Waals surface area contributed by atoms with E-state index in [1.807, 2.05) is 0 Å². The van der Waals surface area contributed by atoms with E-state index in [9.17, 15) is 9.59 Å². The fraction of sp³-hybridized carbons (Fsp3) is 0.